The topological polar surface area (TPSA) is 35.6 Å². The summed E-state index contributed by atoms with van der Waals surface area (Å²) in [6.07, 6.45) is 7.09. The number of rotatable bonds is 4. The zero-order chi connectivity index (χ0) is 13.7. The van der Waals surface area contributed by atoms with Crippen molar-refractivity contribution >= 4 is 18.3 Å². The van der Waals surface area contributed by atoms with E-state index in [0.717, 1.165) is 26.1 Å². The normalized spacial score (nSPS) is 24.6. The van der Waals surface area contributed by atoms with Crippen molar-refractivity contribution in [2.75, 3.05) is 33.2 Å². The van der Waals surface area contributed by atoms with Gasteiger partial charge in [0.05, 0.1) is 6.54 Å². The van der Waals surface area contributed by atoms with E-state index >= 15 is 0 Å². The third-order valence-corrected chi connectivity index (χ3v) is 4.74. The van der Waals surface area contributed by atoms with E-state index < -0.39 is 0 Å². The molecule has 2 rings (SSSR count). The van der Waals surface area contributed by atoms with Crippen LogP contribution in [0.3, 0.4) is 0 Å². The van der Waals surface area contributed by atoms with Crippen molar-refractivity contribution in [3.8, 4) is 0 Å². The molecule has 0 spiro atoms. The fourth-order valence-electron chi connectivity index (χ4n) is 3.43. The van der Waals surface area contributed by atoms with Crippen molar-refractivity contribution in [3.05, 3.63) is 0 Å². The van der Waals surface area contributed by atoms with E-state index in [1.807, 2.05) is 0 Å². The van der Waals surface area contributed by atoms with E-state index in [1.165, 1.54) is 32.1 Å². The molecule has 0 aromatic carbocycles. The molecule has 1 N–H and O–H groups in total. The lowest BCUT2D eigenvalue weighted by molar-refractivity contribution is -0.136. The molecule has 0 radical (unpaired) electrons. The number of nitrogens with one attached hydrogen (secondary N) is 1. The van der Waals surface area contributed by atoms with Gasteiger partial charge in [-0.1, -0.05) is 6.92 Å². The minimum atomic E-state index is 0. The first-order chi connectivity index (χ1) is 9.22. The number of hydrogen-bond acceptors (Lipinski definition) is 3. The molecule has 0 bridgehead atoms. The van der Waals surface area contributed by atoms with Gasteiger partial charge in [0.15, 0.2) is 0 Å². The highest BCUT2D eigenvalue weighted by Crippen LogP contribution is 2.20. The van der Waals surface area contributed by atoms with Gasteiger partial charge in [-0.05, 0) is 58.7 Å². The van der Waals surface area contributed by atoms with Crippen molar-refractivity contribution in [3.63, 3.8) is 0 Å². The largest absolute Gasteiger partial charge is 0.339 e. The summed E-state index contributed by atoms with van der Waals surface area (Å²) in [6, 6.07) is 1.07. The maximum Gasteiger partial charge on any atom is 0.236 e. The standard InChI is InChI=1S/C15H29N3O.ClH/c1-3-13-6-4-5-11-18(13)15(19)12-17(2)14-7-9-16-10-8-14;/h13-14,16H,3-12H2,1-2H3;1H. The first kappa shape index (κ1) is 17.7. The van der Waals surface area contributed by atoms with Crippen LogP contribution in [-0.4, -0.2) is 61.0 Å². The van der Waals surface area contributed by atoms with Crippen molar-refractivity contribution in [1.29, 1.82) is 0 Å². The molecule has 4 nitrogen and oxygen atoms in total. The van der Waals surface area contributed by atoms with Crippen LogP contribution < -0.4 is 5.32 Å². The van der Waals surface area contributed by atoms with Crippen LogP contribution in [0.5, 0.6) is 0 Å². The Kier molecular flexibility index (Phi) is 7.85. The Morgan fingerprint density at radius 3 is 2.60 bits per heavy atom. The lowest BCUT2D eigenvalue weighted by atomic mass is 9.99. The predicted molar refractivity (Wildman–Crippen MR) is 85.4 cm³/mol. The summed E-state index contributed by atoms with van der Waals surface area (Å²) >= 11 is 0. The zero-order valence-electron chi connectivity index (χ0n) is 12.9. The molecule has 0 aromatic rings. The molecule has 1 atom stereocenters. The average molecular weight is 304 g/mol. The van der Waals surface area contributed by atoms with Gasteiger partial charge < -0.3 is 10.2 Å². The van der Waals surface area contributed by atoms with Crippen molar-refractivity contribution in [2.24, 2.45) is 0 Å². The van der Waals surface area contributed by atoms with Crippen LogP contribution in [-0.2, 0) is 4.79 Å². The molecule has 0 aromatic heterocycles. The van der Waals surface area contributed by atoms with Gasteiger partial charge in [-0.15, -0.1) is 12.4 Å². The van der Waals surface area contributed by atoms with Crippen LogP contribution in [0.2, 0.25) is 0 Å². The van der Waals surface area contributed by atoms with E-state index in [4.69, 9.17) is 0 Å². The molecule has 5 heteroatoms. The molecule has 20 heavy (non-hydrogen) atoms. The second kappa shape index (κ2) is 8.85. The highest BCUT2D eigenvalue weighted by molar-refractivity contribution is 5.85. The minimum absolute atomic E-state index is 0. The second-order valence-corrected chi connectivity index (χ2v) is 6.04. The molecule has 1 unspecified atom stereocenters. The zero-order valence-corrected chi connectivity index (χ0v) is 13.8. The van der Waals surface area contributed by atoms with Crippen molar-refractivity contribution < 1.29 is 4.79 Å². The number of carbonyl (C=O) groups excluding carboxylic acids is 1. The van der Waals surface area contributed by atoms with E-state index in [1.54, 1.807) is 0 Å². The van der Waals surface area contributed by atoms with Gasteiger partial charge in [-0.2, -0.15) is 0 Å². The number of carbonyl (C=O) groups is 1. The number of halogens is 1. The summed E-state index contributed by atoms with van der Waals surface area (Å²) < 4.78 is 0. The predicted octanol–water partition coefficient (Wildman–Crippen LogP) is 1.88. The van der Waals surface area contributed by atoms with E-state index in [-0.39, 0.29) is 12.4 Å². The lowest BCUT2D eigenvalue weighted by Crippen LogP contribution is -2.50. The van der Waals surface area contributed by atoms with Crippen LogP contribution in [0.25, 0.3) is 0 Å². The fourth-order valence-corrected chi connectivity index (χ4v) is 3.43. The van der Waals surface area contributed by atoms with Gasteiger partial charge in [-0.3, -0.25) is 9.69 Å². The van der Waals surface area contributed by atoms with E-state index in [0.29, 0.717) is 24.5 Å². The van der Waals surface area contributed by atoms with Crippen molar-refractivity contribution in [2.45, 2.75) is 57.5 Å². The van der Waals surface area contributed by atoms with Gasteiger partial charge in [0, 0.05) is 18.6 Å². The molecule has 2 saturated heterocycles. The van der Waals surface area contributed by atoms with Gasteiger partial charge >= 0.3 is 0 Å². The summed E-state index contributed by atoms with van der Waals surface area (Å²) in [5.41, 5.74) is 0. The Balaban J connectivity index is 0.00000200. The van der Waals surface area contributed by atoms with Crippen LogP contribution in [0.4, 0.5) is 0 Å². The molecule has 0 aliphatic carbocycles. The van der Waals surface area contributed by atoms with Crippen LogP contribution in [0.1, 0.15) is 45.4 Å². The van der Waals surface area contributed by atoms with Gasteiger partial charge in [0.25, 0.3) is 0 Å². The summed E-state index contributed by atoms with van der Waals surface area (Å²) in [6.45, 7) is 5.94. The second-order valence-electron chi connectivity index (χ2n) is 6.04. The number of piperidine rings is 2. The Hall–Kier alpha value is -0.320. The number of likely N-dealkylation sites (N-methyl/N-ethyl adjacent to an activating group) is 1. The molecule has 2 aliphatic rings. The quantitative estimate of drug-likeness (QED) is 0.861. The Labute approximate surface area is 129 Å². The lowest BCUT2D eigenvalue weighted by Gasteiger charge is -2.38. The molecular formula is C15H30ClN3O. The fraction of sp³-hybridized carbons (Fsp3) is 0.933. The number of amides is 1. The third-order valence-electron chi connectivity index (χ3n) is 4.74. The molecule has 2 heterocycles. The summed E-state index contributed by atoms with van der Waals surface area (Å²) in [4.78, 5) is 16.9. The first-order valence-corrected chi connectivity index (χ1v) is 7.92. The highest BCUT2D eigenvalue weighted by Gasteiger charge is 2.27. The highest BCUT2D eigenvalue weighted by atomic mass is 35.5. The smallest absolute Gasteiger partial charge is 0.236 e. The van der Waals surface area contributed by atoms with Crippen molar-refractivity contribution in [1.82, 2.24) is 15.1 Å². The third kappa shape index (κ3) is 4.61. The number of likely N-dealkylation sites (tertiary alicyclic amines) is 1. The monoisotopic (exact) mass is 303 g/mol. The Morgan fingerprint density at radius 2 is 1.95 bits per heavy atom. The maximum absolute atomic E-state index is 12.5. The van der Waals surface area contributed by atoms with Crippen LogP contribution >= 0.6 is 12.4 Å². The Morgan fingerprint density at radius 1 is 1.25 bits per heavy atom. The summed E-state index contributed by atoms with van der Waals surface area (Å²) in [7, 11) is 2.11. The summed E-state index contributed by atoms with van der Waals surface area (Å²) in [5, 5.41) is 3.38. The maximum atomic E-state index is 12.5. The van der Waals surface area contributed by atoms with Gasteiger partial charge in [-0.25, -0.2) is 0 Å². The average Bonchev–Trinajstić information content (AvgIpc) is 2.48. The molecule has 2 aliphatic heterocycles. The first-order valence-electron chi connectivity index (χ1n) is 7.92. The molecule has 1 amide bonds. The molecule has 118 valence electrons. The minimum Gasteiger partial charge on any atom is -0.339 e. The molecule has 2 fully saturated rings. The van der Waals surface area contributed by atoms with Crippen LogP contribution in [0.15, 0.2) is 0 Å². The molecular weight excluding hydrogens is 274 g/mol. The number of hydrogen-bond donors (Lipinski definition) is 1. The van der Waals surface area contributed by atoms with Gasteiger partial charge in [0.1, 0.15) is 0 Å². The summed E-state index contributed by atoms with van der Waals surface area (Å²) in [5.74, 6) is 0.340. The van der Waals surface area contributed by atoms with Gasteiger partial charge in [0.2, 0.25) is 5.91 Å². The molecule has 0 saturated carbocycles. The SMILES string of the molecule is CCC1CCCCN1C(=O)CN(C)C1CCNCC1.Cl. The van der Waals surface area contributed by atoms with E-state index in [9.17, 15) is 4.79 Å². The number of nitrogens with zero attached hydrogens (tertiary/aromatic N) is 2. The van der Waals surface area contributed by atoms with Crippen LogP contribution in [0, 0.1) is 0 Å². The Bertz CT molecular complexity index is 295. The van der Waals surface area contributed by atoms with E-state index in [2.05, 4.69) is 29.1 Å².